The van der Waals surface area contributed by atoms with Crippen LogP contribution in [0.3, 0.4) is 0 Å². The Kier molecular flexibility index (Phi) is 2.90. The van der Waals surface area contributed by atoms with Crippen molar-refractivity contribution in [2.45, 2.75) is 13.1 Å². The summed E-state index contributed by atoms with van der Waals surface area (Å²) in [6.45, 7) is 1.59. The summed E-state index contributed by atoms with van der Waals surface area (Å²) < 4.78 is 38.3. The van der Waals surface area contributed by atoms with Gasteiger partial charge >= 0.3 is 6.18 Å². The molecule has 7 heteroatoms. The van der Waals surface area contributed by atoms with E-state index in [0.29, 0.717) is 17.7 Å². The Hall–Kier alpha value is -2.18. The number of alkyl halides is 3. The van der Waals surface area contributed by atoms with Crippen molar-refractivity contribution in [1.29, 1.82) is 0 Å². The van der Waals surface area contributed by atoms with E-state index >= 15 is 0 Å². The monoisotopic (exact) mass is 255 g/mol. The molecule has 4 nitrogen and oxygen atoms in total. The summed E-state index contributed by atoms with van der Waals surface area (Å²) in [5.41, 5.74) is 0.237. The van der Waals surface area contributed by atoms with Gasteiger partial charge in [-0.05, 0) is 31.2 Å². The Morgan fingerprint density at radius 1 is 1.22 bits per heavy atom. The first kappa shape index (κ1) is 12.3. The van der Waals surface area contributed by atoms with Crippen LogP contribution in [0.2, 0.25) is 0 Å². The predicted octanol–water partition coefficient (Wildman–Crippen LogP) is 2.41. The quantitative estimate of drug-likeness (QED) is 0.774. The van der Waals surface area contributed by atoms with Gasteiger partial charge in [-0.15, -0.1) is 5.10 Å². The molecule has 1 aromatic carbocycles. The van der Waals surface area contributed by atoms with E-state index in [9.17, 15) is 18.0 Å². The molecule has 94 valence electrons. The Morgan fingerprint density at radius 2 is 1.83 bits per heavy atom. The number of rotatable bonds is 2. The maximum atomic E-state index is 12.4. The SMILES string of the molecule is Cc1nnn(-c2ccc(C(F)(F)F)cc2)c1C=O. The average Bonchev–Trinajstić information content (AvgIpc) is 2.69. The Morgan fingerprint density at radius 3 is 2.33 bits per heavy atom. The molecule has 0 aliphatic heterocycles. The average molecular weight is 255 g/mol. The van der Waals surface area contributed by atoms with Gasteiger partial charge in [-0.2, -0.15) is 13.2 Å². The van der Waals surface area contributed by atoms with Crippen LogP contribution in [0.1, 0.15) is 21.7 Å². The lowest BCUT2D eigenvalue weighted by Crippen LogP contribution is -2.06. The number of carbonyl (C=O) groups excluding carboxylic acids is 1. The van der Waals surface area contributed by atoms with E-state index in [1.54, 1.807) is 6.92 Å². The van der Waals surface area contributed by atoms with E-state index in [1.807, 2.05) is 0 Å². The Labute approximate surface area is 100 Å². The number of hydrogen-bond donors (Lipinski definition) is 0. The molecule has 0 N–H and O–H groups in total. The standard InChI is InChI=1S/C11H8F3N3O/c1-7-10(6-18)17(16-15-7)9-4-2-8(3-5-9)11(12,13)14/h2-6H,1H3. The number of aldehydes is 1. The molecule has 0 unspecified atom stereocenters. The third-order valence-electron chi connectivity index (χ3n) is 2.43. The fraction of sp³-hybridized carbons (Fsp3) is 0.182. The highest BCUT2D eigenvalue weighted by atomic mass is 19.4. The van der Waals surface area contributed by atoms with E-state index < -0.39 is 11.7 Å². The number of nitrogens with zero attached hydrogens (tertiary/aromatic N) is 3. The molecule has 0 saturated carbocycles. The summed E-state index contributed by atoms with van der Waals surface area (Å²) in [7, 11) is 0. The smallest absolute Gasteiger partial charge is 0.296 e. The molecule has 18 heavy (non-hydrogen) atoms. The maximum absolute atomic E-state index is 12.4. The van der Waals surface area contributed by atoms with Crippen LogP contribution in [0.4, 0.5) is 13.2 Å². The summed E-state index contributed by atoms with van der Waals surface area (Å²) in [5, 5.41) is 7.40. The van der Waals surface area contributed by atoms with Crippen LogP contribution in [-0.4, -0.2) is 21.3 Å². The molecule has 0 aliphatic carbocycles. The number of aromatic nitrogens is 3. The fourth-order valence-corrected chi connectivity index (χ4v) is 1.48. The van der Waals surface area contributed by atoms with Gasteiger partial charge in [0.1, 0.15) is 5.69 Å². The van der Waals surface area contributed by atoms with Crippen LogP contribution in [0.5, 0.6) is 0 Å². The minimum atomic E-state index is -4.38. The van der Waals surface area contributed by atoms with Gasteiger partial charge in [0.15, 0.2) is 6.29 Å². The van der Waals surface area contributed by atoms with E-state index in [-0.39, 0.29) is 5.69 Å². The summed E-state index contributed by atoms with van der Waals surface area (Å²) in [5.74, 6) is 0. The van der Waals surface area contributed by atoms with Crippen molar-refractivity contribution < 1.29 is 18.0 Å². The van der Waals surface area contributed by atoms with Crippen molar-refractivity contribution in [2.24, 2.45) is 0 Å². The van der Waals surface area contributed by atoms with Gasteiger partial charge in [0.25, 0.3) is 0 Å². The molecule has 2 aromatic rings. The minimum absolute atomic E-state index is 0.217. The highest BCUT2D eigenvalue weighted by molar-refractivity contribution is 5.74. The van der Waals surface area contributed by atoms with Crippen molar-refractivity contribution in [3.63, 3.8) is 0 Å². The van der Waals surface area contributed by atoms with Crippen molar-refractivity contribution >= 4 is 6.29 Å². The minimum Gasteiger partial charge on any atom is -0.296 e. The second-order valence-corrected chi connectivity index (χ2v) is 3.63. The highest BCUT2D eigenvalue weighted by Gasteiger charge is 2.30. The van der Waals surface area contributed by atoms with Gasteiger partial charge in [0.2, 0.25) is 0 Å². The molecule has 0 atom stereocenters. The lowest BCUT2D eigenvalue weighted by Gasteiger charge is -2.07. The molecule has 0 radical (unpaired) electrons. The molecule has 1 heterocycles. The normalized spacial score (nSPS) is 11.6. The molecule has 1 aromatic heterocycles. The maximum Gasteiger partial charge on any atom is 0.416 e. The van der Waals surface area contributed by atoms with Gasteiger partial charge in [-0.25, -0.2) is 4.68 Å². The van der Waals surface area contributed by atoms with Crippen molar-refractivity contribution in [1.82, 2.24) is 15.0 Å². The first-order chi connectivity index (χ1) is 8.43. The molecule has 0 bridgehead atoms. The third-order valence-corrected chi connectivity index (χ3v) is 2.43. The lowest BCUT2D eigenvalue weighted by atomic mass is 10.2. The summed E-state index contributed by atoms with van der Waals surface area (Å²) in [6.07, 6.45) is -3.82. The van der Waals surface area contributed by atoms with Gasteiger partial charge in [0, 0.05) is 0 Å². The predicted molar refractivity (Wildman–Crippen MR) is 56.5 cm³/mol. The van der Waals surface area contributed by atoms with Crippen LogP contribution in [0.15, 0.2) is 24.3 Å². The number of hydrogen-bond acceptors (Lipinski definition) is 3. The largest absolute Gasteiger partial charge is 0.416 e. The molecule has 2 rings (SSSR count). The van der Waals surface area contributed by atoms with Crippen LogP contribution in [0.25, 0.3) is 5.69 Å². The van der Waals surface area contributed by atoms with Crippen LogP contribution >= 0.6 is 0 Å². The Balaban J connectivity index is 2.43. The molecule has 0 saturated heterocycles. The van der Waals surface area contributed by atoms with Gasteiger partial charge in [0.05, 0.1) is 16.9 Å². The van der Waals surface area contributed by atoms with E-state index in [0.717, 1.165) is 12.1 Å². The molecule has 0 fully saturated rings. The summed E-state index contributed by atoms with van der Waals surface area (Å²) >= 11 is 0. The van der Waals surface area contributed by atoms with Gasteiger partial charge < -0.3 is 0 Å². The van der Waals surface area contributed by atoms with E-state index in [2.05, 4.69) is 10.3 Å². The van der Waals surface area contributed by atoms with Crippen LogP contribution in [0, 0.1) is 6.92 Å². The second kappa shape index (κ2) is 4.25. The molecule has 0 aliphatic rings. The summed E-state index contributed by atoms with van der Waals surface area (Å²) in [6, 6.07) is 4.34. The zero-order chi connectivity index (χ0) is 13.3. The highest BCUT2D eigenvalue weighted by Crippen LogP contribution is 2.29. The lowest BCUT2D eigenvalue weighted by molar-refractivity contribution is -0.137. The van der Waals surface area contributed by atoms with Crippen molar-refractivity contribution in [3.8, 4) is 5.69 Å². The number of aryl methyl sites for hydroxylation is 1. The number of carbonyl (C=O) groups is 1. The number of halogens is 3. The van der Waals surface area contributed by atoms with E-state index in [1.165, 1.54) is 16.8 Å². The van der Waals surface area contributed by atoms with Crippen molar-refractivity contribution in [3.05, 3.63) is 41.2 Å². The van der Waals surface area contributed by atoms with Crippen molar-refractivity contribution in [2.75, 3.05) is 0 Å². The second-order valence-electron chi connectivity index (χ2n) is 3.63. The fourth-order valence-electron chi connectivity index (χ4n) is 1.48. The summed E-state index contributed by atoms with van der Waals surface area (Å²) in [4.78, 5) is 10.8. The Bertz CT molecular complexity index is 572. The number of benzene rings is 1. The van der Waals surface area contributed by atoms with E-state index in [4.69, 9.17) is 0 Å². The zero-order valence-electron chi connectivity index (χ0n) is 9.27. The molecule has 0 spiro atoms. The molecular weight excluding hydrogens is 247 g/mol. The van der Waals surface area contributed by atoms with Crippen LogP contribution < -0.4 is 0 Å². The topological polar surface area (TPSA) is 47.8 Å². The van der Waals surface area contributed by atoms with Crippen LogP contribution in [-0.2, 0) is 6.18 Å². The first-order valence-corrected chi connectivity index (χ1v) is 4.98. The molecular formula is C11H8F3N3O. The van der Waals surface area contributed by atoms with Gasteiger partial charge in [-0.3, -0.25) is 4.79 Å². The zero-order valence-corrected chi connectivity index (χ0v) is 9.27. The third kappa shape index (κ3) is 2.11. The molecule has 0 amide bonds. The first-order valence-electron chi connectivity index (χ1n) is 4.98. The van der Waals surface area contributed by atoms with Gasteiger partial charge in [-0.1, -0.05) is 5.21 Å².